The van der Waals surface area contributed by atoms with Crippen LogP contribution in [0.2, 0.25) is 0 Å². The first-order valence-corrected chi connectivity index (χ1v) is 7.08. The average molecular weight is 257 g/mol. The zero-order chi connectivity index (χ0) is 13.1. The highest BCUT2D eigenvalue weighted by molar-refractivity contribution is 7.89. The highest BCUT2D eigenvalue weighted by atomic mass is 32.2. The Hall–Kier alpha value is -0.910. The summed E-state index contributed by atoms with van der Waals surface area (Å²) in [5.74, 6) is 0.280. The Morgan fingerprint density at radius 1 is 1.35 bits per heavy atom. The molecule has 0 heterocycles. The van der Waals surface area contributed by atoms with Crippen LogP contribution in [0.1, 0.15) is 30.9 Å². The molecule has 0 unspecified atom stereocenters. The molecule has 0 bridgehead atoms. The van der Waals surface area contributed by atoms with Crippen LogP contribution in [0, 0.1) is 6.92 Å². The van der Waals surface area contributed by atoms with Crippen molar-refractivity contribution in [3.63, 3.8) is 0 Å². The molecule has 96 valence electrons. The summed E-state index contributed by atoms with van der Waals surface area (Å²) in [4.78, 5) is 0.289. The molecule has 1 aromatic rings. The molecule has 0 fully saturated rings. The fourth-order valence-electron chi connectivity index (χ4n) is 1.52. The van der Waals surface area contributed by atoms with Crippen molar-refractivity contribution in [1.82, 2.24) is 4.72 Å². The number of nitrogens with one attached hydrogen (secondary N) is 1. The van der Waals surface area contributed by atoms with Crippen molar-refractivity contribution in [2.75, 3.05) is 13.2 Å². The van der Waals surface area contributed by atoms with Crippen molar-refractivity contribution < 1.29 is 13.5 Å². The number of aryl methyl sites for hydroxylation is 1. The first kappa shape index (κ1) is 14.2. The van der Waals surface area contributed by atoms with E-state index in [1.54, 1.807) is 13.0 Å². The van der Waals surface area contributed by atoms with E-state index in [-0.39, 0.29) is 24.0 Å². The van der Waals surface area contributed by atoms with E-state index in [9.17, 15) is 8.42 Å². The first-order chi connectivity index (χ1) is 7.88. The van der Waals surface area contributed by atoms with Gasteiger partial charge < -0.3 is 5.11 Å². The molecule has 0 saturated heterocycles. The smallest absolute Gasteiger partial charge is 0.240 e. The molecule has 0 amide bonds. The van der Waals surface area contributed by atoms with Crippen LogP contribution in [-0.2, 0) is 10.0 Å². The van der Waals surface area contributed by atoms with Gasteiger partial charge in [0.15, 0.2) is 0 Å². The van der Waals surface area contributed by atoms with E-state index in [2.05, 4.69) is 4.72 Å². The van der Waals surface area contributed by atoms with Gasteiger partial charge in [0, 0.05) is 6.54 Å². The number of benzene rings is 1. The molecule has 2 N–H and O–H groups in total. The van der Waals surface area contributed by atoms with E-state index in [4.69, 9.17) is 5.11 Å². The van der Waals surface area contributed by atoms with Crippen LogP contribution in [0.3, 0.4) is 0 Å². The van der Waals surface area contributed by atoms with Crippen molar-refractivity contribution in [1.29, 1.82) is 0 Å². The Kier molecular flexibility index (Phi) is 4.68. The predicted molar refractivity (Wildman–Crippen MR) is 67.5 cm³/mol. The van der Waals surface area contributed by atoms with Crippen molar-refractivity contribution >= 4 is 10.0 Å². The maximum Gasteiger partial charge on any atom is 0.240 e. The standard InChI is InChI=1S/C12H19NO3S/c1-9(2)11-5-4-10(3)12(8-11)17(15,16)13-6-7-14/h4-5,8-9,13-14H,6-7H2,1-3H3. The normalized spacial score (nSPS) is 12.1. The van der Waals surface area contributed by atoms with Gasteiger partial charge in [0.2, 0.25) is 10.0 Å². The highest BCUT2D eigenvalue weighted by Crippen LogP contribution is 2.21. The van der Waals surface area contributed by atoms with Gasteiger partial charge in [-0.15, -0.1) is 0 Å². The fraction of sp³-hybridized carbons (Fsp3) is 0.500. The Morgan fingerprint density at radius 3 is 2.53 bits per heavy atom. The van der Waals surface area contributed by atoms with E-state index < -0.39 is 10.0 Å². The molecule has 4 nitrogen and oxygen atoms in total. The fourth-order valence-corrected chi connectivity index (χ4v) is 2.82. The minimum Gasteiger partial charge on any atom is -0.395 e. The number of hydrogen-bond acceptors (Lipinski definition) is 3. The minimum absolute atomic E-state index is 0.0354. The maximum atomic E-state index is 12.0. The average Bonchev–Trinajstić information content (AvgIpc) is 2.26. The molecule has 1 aromatic carbocycles. The molecular formula is C12H19NO3S. The molecule has 0 aromatic heterocycles. The second-order valence-corrected chi connectivity index (χ2v) is 6.04. The number of aliphatic hydroxyl groups excluding tert-OH is 1. The highest BCUT2D eigenvalue weighted by Gasteiger charge is 2.17. The first-order valence-electron chi connectivity index (χ1n) is 5.59. The Balaban J connectivity index is 3.16. The van der Waals surface area contributed by atoms with Crippen LogP contribution >= 0.6 is 0 Å². The molecule has 0 saturated carbocycles. The summed E-state index contributed by atoms with van der Waals surface area (Å²) in [5, 5.41) is 8.66. The lowest BCUT2D eigenvalue weighted by molar-refractivity contribution is 0.301. The molecule has 1 rings (SSSR count). The molecule has 17 heavy (non-hydrogen) atoms. The van der Waals surface area contributed by atoms with E-state index in [0.29, 0.717) is 5.56 Å². The van der Waals surface area contributed by atoms with E-state index in [0.717, 1.165) is 5.56 Å². The quantitative estimate of drug-likeness (QED) is 0.837. The molecule has 0 spiro atoms. The Bertz CT molecular complexity index is 481. The van der Waals surface area contributed by atoms with Crippen LogP contribution in [0.4, 0.5) is 0 Å². The summed E-state index contributed by atoms with van der Waals surface area (Å²) in [7, 11) is -3.52. The second-order valence-electron chi connectivity index (χ2n) is 4.30. The summed E-state index contributed by atoms with van der Waals surface area (Å²) < 4.78 is 26.3. The monoisotopic (exact) mass is 257 g/mol. The molecule has 0 aliphatic rings. The van der Waals surface area contributed by atoms with Crippen LogP contribution in [0.5, 0.6) is 0 Å². The van der Waals surface area contributed by atoms with Gasteiger partial charge in [0.1, 0.15) is 0 Å². The molecule has 5 heteroatoms. The van der Waals surface area contributed by atoms with Crippen molar-refractivity contribution in [3.8, 4) is 0 Å². The molecule has 0 aliphatic carbocycles. The molecule has 0 aliphatic heterocycles. The van der Waals surface area contributed by atoms with Crippen LogP contribution < -0.4 is 4.72 Å². The topological polar surface area (TPSA) is 66.4 Å². The van der Waals surface area contributed by atoms with Crippen molar-refractivity contribution in [3.05, 3.63) is 29.3 Å². The van der Waals surface area contributed by atoms with Crippen LogP contribution in [0.15, 0.2) is 23.1 Å². The summed E-state index contributed by atoms with van der Waals surface area (Å²) in [6, 6.07) is 5.44. The number of sulfonamides is 1. The van der Waals surface area contributed by atoms with Crippen LogP contribution in [-0.4, -0.2) is 26.7 Å². The van der Waals surface area contributed by atoms with Gasteiger partial charge >= 0.3 is 0 Å². The lowest BCUT2D eigenvalue weighted by Gasteiger charge is -2.12. The molecule has 0 atom stereocenters. The van der Waals surface area contributed by atoms with Crippen LogP contribution in [0.25, 0.3) is 0 Å². The van der Waals surface area contributed by atoms with Gasteiger partial charge in [0.05, 0.1) is 11.5 Å². The lowest BCUT2D eigenvalue weighted by atomic mass is 10.0. The van der Waals surface area contributed by atoms with Gasteiger partial charge in [-0.2, -0.15) is 0 Å². The lowest BCUT2D eigenvalue weighted by Crippen LogP contribution is -2.27. The largest absolute Gasteiger partial charge is 0.395 e. The van der Waals surface area contributed by atoms with Crippen molar-refractivity contribution in [2.45, 2.75) is 31.6 Å². The number of aliphatic hydroxyl groups is 1. The zero-order valence-electron chi connectivity index (χ0n) is 10.4. The molecular weight excluding hydrogens is 238 g/mol. The third-order valence-electron chi connectivity index (χ3n) is 2.57. The van der Waals surface area contributed by atoms with Gasteiger partial charge in [0.25, 0.3) is 0 Å². The summed E-state index contributed by atoms with van der Waals surface area (Å²) in [5.41, 5.74) is 1.69. The van der Waals surface area contributed by atoms with Gasteiger partial charge in [-0.1, -0.05) is 26.0 Å². The second kappa shape index (κ2) is 5.62. The summed E-state index contributed by atoms with van der Waals surface area (Å²) in [6.45, 7) is 5.62. The summed E-state index contributed by atoms with van der Waals surface area (Å²) in [6.07, 6.45) is 0. The van der Waals surface area contributed by atoms with E-state index >= 15 is 0 Å². The number of hydrogen-bond donors (Lipinski definition) is 2. The molecule has 0 radical (unpaired) electrons. The SMILES string of the molecule is Cc1ccc(C(C)C)cc1S(=O)(=O)NCCO. The zero-order valence-corrected chi connectivity index (χ0v) is 11.2. The van der Waals surface area contributed by atoms with Gasteiger partial charge in [-0.05, 0) is 30.0 Å². The minimum atomic E-state index is -3.52. The summed E-state index contributed by atoms with van der Waals surface area (Å²) >= 11 is 0. The third kappa shape index (κ3) is 3.52. The third-order valence-corrected chi connectivity index (χ3v) is 4.18. The van der Waals surface area contributed by atoms with Crippen molar-refractivity contribution in [2.24, 2.45) is 0 Å². The Labute approximate surface area is 103 Å². The van der Waals surface area contributed by atoms with E-state index in [1.807, 2.05) is 26.0 Å². The Morgan fingerprint density at radius 2 is 2.00 bits per heavy atom. The van der Waals surface area contributed by atoms with E-state index in [1.165, 1.54) is 0 Å². The van der Waals surface area contributed by atoms with Gasteiger partial charge in [-0.25, -0.2) is 13.1 Å². The number of rotatable bonds is 5. The van der Waals surface area contributed by atoms with Gasteiger partial charge in [-0.3, -0.25) is 0 Å². The predicted octanol–water partition coefficient (Wildman–Crippen LogP) is 1.39. The maximum absolute atomic E-state index is 12.0.